The largest absolute Gasteiger partial charge is 0.455 e. The van der Waals surface area contributed by atoms with E-state index >= 15 is 0 Å². The summed E-state index contributed by atoms with van der Waals surface area (Å²) in [5.41, 5.74) is 6.09. The van der Waals surface area contributed by atoms with Crippen LogP contribution in [0.25, 0.3) is 11.3 Å². The summed E-state index contributed by atoms with van der Waals surface area (Å²) in [5, 5.41) is 4.89. The molecule has 0 aliphatic heterocycles. The number of anilines is 1. The maximum absolute atomic E-state index is 5.88. The Labute approximate surface area is 134 Å². The van der Waals surface area contributed by atoms with Gasteiger partial charge in [-0.15, -0.1) is 0 Å². The molecular formula is C18H15ClN2O. The number of aryl methyl sites for hydroxylation is 1. The van der Waals surface area contributed by atoms with Crippen molar-refractivity contribution in [3.63, 3.8) is 0 Å². The van der Waals surface area contributed by atoms with Crippen LogP contribution in [0, 0.1) is 6.92 Å². The molecule has 0 unspecified atom stereocenters. The molecule has 0 aliphatic rings. The van der Waals surface area contributed by atoms with Crippen molar-refractivity contribution in [3.05, 3.63) is 77.0 Å². The summed E-state index contributed by atoms with van der Waals surface area (Å²) >= 11 is 5.88. The van der Waals surface area contributed by atoms with Crippen LogP contribution >= 0.6 is 11.6 Å². The number of benzene rings is 2. The first kappa shape index (κ1) is 14.4. The highest BCUT2D eigenvalue weighted by Gasteiger charge is 2.03. The summed E-state index contributed by atoms with van der Waals surface area (Å²) in [4.78, 5) is 0. The molecule has 0 amide bonds. The van der Waals surface area contributed by atoms with Crippen LogP contribution in [0.15, 0.2) is 70.2 Å². The Balaban J connectivity index is 1.69. The number of hydrogen-bond donors (Lipinski definition) is 1. The Morgan fingerprint density at radius 3 is 2.64 bits per heavy atom. The molecule has 22 heavy (non-hydrogen) atoms. The second kappa shape index (κ2) is 6.50. The second-order valence-electron chi connectivity index (χ2n) is 4.95. The average Bonchev–Trinajstić information content (AvgIpc) is 2.97. The molecule has 3 aromatic rings. The average molecular weight is 311 g/mol. The molecule has 0 atom stereocenters. The van der Waals surface area contributed by atoms with Gasteiger partial charge < -0.3 is 4.42 Å². The molecule has 0 saturated heterocycles. The lowest BCUT2D eigenvalue weighted by Crippen LogP contribution is -1.89. The highest BCUT2D eigenvalue weighted by Crippen LogP contribution is 2.23. The van der Waals surface area contributed by atoms with Crippen LogP contribution in [-0.2, 0) is 0 Å². The molecule has 0 aliphatic carbocycles. The van der Waals surface area contributed by atoms with Gasteiger partial charge in [-0.05, 0) is 61.0 Å². The summed E-state index contributed by atoms with van der Waals surface area (Å²) in [5.74, 6) is 1.47. The van der Waals surface area contributed by atoms with Gasteiger partial charge in [-0.3, -0.25) is 5.43 Å². The standard InChI is InChI=1S/C18H15ClN2O/c1-13-3-2-4-16(11-13)21-20-12-17-9-10-18(22-17)14-5-7-15(19)8-6-14/h2-12,21H,1H3. The van der Waals surface area contributed by atoms with Crippen LogP contribution in [0.3, 0.4) is 0 Å². The SMILES string of the molecule is Cc1cccc(NN=Cc2ccc(-c3ccc(Cl)cc3)o2)c1. The summed E-state index contributed by atoms with van der Waals surface area (Å²) in [6, 6.07) is 19.3. The quantitative estimate of drug-likeness (QED) is 0.520. The van der Waals surface area contributed by atoms with Crippen molar-refractivity contribution < 1.29 is 4.42 Å². The molecule has 4 heteroatoms. The Morgan fingerprint density at radius 2 is 1.86 bits per heavy atom. The lowest BCUT2D eigenvalue weighted by Gasteiger charge is -2.00. The number of nitrogens with zero attached hydrogens (tertiary/aromatic N) is 1. The number of halogens is 1. The zero-order valence-electron chi connectivity index (χ0n) is 12.1. The van der Waals surface area contributed by atoms with Crippen LogP contribution in [0.5, 0.6) is 0 Å². The monoisotopic (exact) mass is 310 g/mol. The van der Waals surface area contributed by atoms with E-state index in [2.05, 4.69) is 10.5 Å². The fourth-order valence-corrected chi connectivity index (χ4v) is 2.20. The van der Waals surface area contributed by atoms with Crippen molar-refractivity contribution in [3.8, 4) is 11.3 Å². The number of furan rings is 1. The molecule has 1 heterocycles. The highest BCUT2D eigenvalue weighted by molar-refractivity contribution is 6.30. The third-order valence-electron chi connectivity index (χ3n) is 3.16. The van der Waals surface area contributed by atoms with E-state index in [1.807, 2.05) is 67.6 Å². The van der Waals surface area contributed by atoms with Crippen molar-refractivity contribution in [2.24, 2.45) is 5.10 Å². The molecule has 110 valence electrons. The first-order valence-electron chi connectivity index (χ1n) is 6.92. The molecule has 3 nitrogen and oxygen atoms in total. The number of hydrogen-bond acceptors (Lipinski definition) is 3. The number of rotatable bonds is 4. The van der Waals surface area contributed by atoms with Gasteiger partial charge in [-0.25, -0.2) is 0 Å². The van der Waals surface area contributed by atoms with Gasteiger partial charge in [0.2, 0.25) is 0 Å². The molecule has 0 radical (unpaired) electrons. The summed E-state index contributed by atoms with van der Waals surface area (Å²) < 4.78 is 5.74. The van der Waals surface area contributed by atoms with Crippen molar-refractivity contribution in [2.75, 3.05) is 5.43 Å². The van der Waals surface area contributed by atoms with Crippen LogP contribution in [0.4, 0.5) is 5.69 Å². The molecule has 0 saturated carbocycles. The predicted octanol–water partition coefficient (Wildman–Crippen LogP) is 5.35. The van der Waals surface area contributed by atoms with E-state index in [1.165, 1.54) is 5.56 Å². The van der Waals surface area contributed by atoms with E-state index in [-0.39, 0.29) is 0 Å². The zero-order valence-corrected chi connectivity index (χ0v) is 12.8. The van der Waals surface area contributed by atoms with Crippen molar-refractivity contribution in [1.82, 2.24) is 0 Å². The second-order valence-corrected chi connectivity index (χ2v) is 5.38. The van der Waals surface area contributed by atoms with Crippen molar-refractivity contribution in [1.29, 1.82) is 0 Å². The van der Waals surface area contributed by atoms with E-state index in [0.717, 1.165) is 17.0 Å². The maximum atomic E-state index is 5.88. The molecule has 3 rings (SSSR count). The van der Waals surface area contributed by atoms with Crippen LogP contribution < -0.4 is 5.43 Å². The number of nitrogens with one attached hydrogen (secondary N) is 1. The minimum atomic E-state index is 0.685. The summed E-state index contributed by atoms with van der Waals surface area (Å²) in [6.45, 7) is 2.04. The van der Waals surface area contributed by atoms with Crippen LogP contribution in [0.1, 0.15) is 11.3 Å². The van der Waals surface area contributed by atoms with E-state index in [9.17, 15) is 0 Å². The Hall–Kier alpha value is -2.52. The molecule has 1 aromatic heterocycles. The summed E-state index contributed by atoms with van der Waals surface area (Å²) in [6.07, 6.45) is 1.65. The van der Waals surface area contributed by atoms with Gasteiger partial charge in [-0.2, -0.15) is 5.10 Å². The van der Waals surface area contributed by atoms with Gasteiger partial charge in [0, 0.05) is 10.6 Å². The molecule has 1 N–H and O–H groups in total. The molecule has 2 aromatic carbocycles. The van der Waals surface area contributed by atoms with E-state index in [1.54, 1.807) is 6.21 Å². The molecule has 0 bridgehead atoms. The first-order valence-corrected chi connectivity index (χ1v) is 7.30. The van der Waals surface area contributed by atoms with Crippen LogP contribution in [-0.4, -0.2) is 6.21 Å². The van der Waals surface area contributed by atoms with Crippen LogP contribution in [0.2, 0.25) is 5.02 Å². The van der Waals surface area contributed by atoms with E-state index in [0.29, 0.717) is 10.8 Å². The Kier molecular flexibility index (Phi) is 4.26. The van der Waals surface area contributed by atoms with E-state index in [4.69, 9.17) is 16.0 Å². The predicted molar refractivity (Wildman–Crippen MR) is 91.5 cm³/mol. The van der Waals surface area contributed by atoms with Gasteiger partial charge in [0.05, 0.1) is 11.9 Å². The number of hydrazone groups is 1. The Morgan fingerprint density at radius 1 is 1.05 bits per heavy atom. The maximum Gasteiger partial charge on any atom is 0.147 e. The fourth-order valence-electron chi connectivity index (χ4n) is 2.08. The van der Waals surface area contributed by atoms with Gasteiger partial charge >= 0.3 is 0 Å². The smallest absolute Gasteiger partial charge is 0.147 e. The third-order valence-corrected chi connectivity index (χ3v) is 3.41. The molecule has 0 spiro atoms. The van der Waals surface area contributed by atoms with Gasteiger partial charge in [0.1, 0.15) is 11.5 Å². The summed E-state index contributed by atoms with van der Waals surface area (Å²) in [7, 11) is 0. The first-order chi connectivity index (χ1) is 10.7. The minimum absolute atomic E-state index is 0.685. The molecular weight excluding hydrogens is 296 g/mol. The fraction of sp³-hybridized carbons (Fsp3) is 0.0556. The highest BCUT2D eigenvalue weighted by atomic mass is 35.5. The lowest BCUT2D eigenvalue weighted by molar-refractivity contribution is 0.575. The normalized spacial score (nSPS) is 11.0. The zero-order chi connectivity index (χ0) is 15.4. The van der Waals surface area contributed by atoms with Gasteiger partial charge in [-0.1, -0.05) is 23.7 Å². The Bertz CT molecular complexity index is 791. The molecule has 0 fully saturated rings. The topological polar surface area (TPSA) is 37.5 Å². The lowest BCUT2D eigenvalue weighted by atomic mass is 10.2. The third kappa shape index (κ3) is 3.57. The van der Waals surface area contributed by atoms with Crippen molar-refractivity contribution >= 4 is 23.5 Å². The van der Waals surface area contributed by atoms with E-state index < -0.39 is 0 Å². The van der Waals surface area contributed by atoms with Crippen molar-refractivity contribution in [2.45, 2.75) is 6.92 Å². The minimum Gasteiger partial charge on any atom is -0.455 e. The van der Waals surface area contributed by atoms with Gasteiger partial charge in [0.15, 0.2) is 0 Å². The van der Waals surface area contributed by atoms with Gasteiger partial charge in [0.25, 0.3) is 0 Å².